The molecule has 1 atom stereocenters. The van der Waals surface area contributed by atoms with Crippen molar-refractivity contribution < 1.29 is 4.79 Å². The lowest BCUT2D eigenvalue weighted by atomic mass is 10.1. The second-order valence-corrected chi connectivity index (χ2v) is 4.15. The van der Waals surface area contributed by atoms with E-state index in [9.17, 15) is 4.79 Å². The summed E-state index contributed by atoms with van der Waals surface area (Å²) in [7, 11) is 0. The molecule has 0 aromatic heterocycles. The van der Waals surface area contributed by atoms with Crippen molar-refractivity contribution in [2.24, 2.45) is 0 Å². The highest BCUT2D eigenvalue weighted by Crippen LogP contribution is 2.21. The number of nitrogens with one attached hydrogen (secondary N) is 2. The van der Waals surface area contributed by atoms with Gasteiger partial charge >= 0.3 is 0 Å². The zero-order chi connectivity index (χ0) is 12.1. The largest absolute Gasteiger partial charge is 0.324 e. The average molecular weight is 228 g/mol. The maximum Gasteiger partial charge on any atom is 0.241 e. The van der Waals surface area contributed by atoms with Crippen LogP contribution in [0.2, 0.25) is 0 Å². The van der Waals surface area contributed by atoms with Crippen molar-refractivity contribution in [3.05, 3.63) is 29.8 Å². The van der Waals surface area contributed by atoms with E-state index in [2.05, 4.69) is 22.6 Å². The molecule has 88 valence electrons. The lowest BCUT2D eigenvalue weighted by molar-refractivity contribution is -0.118. The van der Waals surface area contributed by atoms with Gasteiger partial charge in [0.2, 0.25) is 5.91 Å². The molecule has 3 nitrogen and oxygen atoms in total. The highest BCUT2D eigenvalue weighted by Gasteiger charge is 2.22. The van der Waals surface area contributed by atoms with E-state index in [4.69, 9.17) is 6.42 Å². The van der Waals surface area contributed by atoms with E-state index in [0.29, 0.717) is 13.0 Å². The molecule has 1 aromatic carbocycles. The van der Waals surface area contributed by atoms with Crippen molar-refractivity contribution in [3.63, 3.8) is 0 Å². The fraction of sp³-hybridized carbons (Fsp3) is 0.357. The van der Waals surface area contributed by atoms with Crippen molar-refractivity contribution in [1.82, 2.24) is 5.32 Å². The van der Waals surface area contributed by atoms with Gasteiger partial charge in [-0.15, -0.1) is 12.3 Å². The Morgan fingerprint density at radius 2 is 2.29 bits per heavy atom. The second kappa shape index (κ2) is 5.51. The molecule has 1 amide bonds. The van der Waals surface area contributed by atoms with Crippen LogP contribution in [0.1, 0.15) is 18.4 Å². The van der Waals surface area contributed by atoms with Crippen LogP contribution in [0.4, 0.5) is 5.69 Å². The van der Waals surface area contributed by atoms with Crippen LogP contribution in [0.15, 0.2) is 24.3 Å². The number of carbonyl (C=O) groups excluding carboxylic acids is 1. The monoisotopic (exact) mass is 228 g/mol. The number of benzene rings is 1. The fourth-order valence-electron chi connectivity index (χ4n) is 2.02. The summed E-state index contributed by atoms with van der Waals surface area (Å²) in [4.78, 5) is 11.9. The van der Waals surface area contributed by atoms with Crippen LogP contribution < -0.4 is 10.6 Å². The Balaban J connectivity index is 2.03. The fourth-order valence-corrected chi connectivity index (χ4v) is 2.02. The molecule has 1 aliphatic rings. The number of carbonyl (C=O) groups is 1. The predicted molar refractivity (Wildman–Crippen MR) is 68.6 cm³/mol. The molecule has 0 bridgehead atoms. The number of hydrogen-bond acceptors (Lipinski definition) is 2. The summed E-state index contributed by atoms with van der Waals surface area (Å²) in [6, 6.07) is 7.79. The zero-order valence-electron chi connectivity index (χ0n) is 9.70. The minimum absolute atomic E-state index is 0.0342. The number of terminal acetylenes is 1. The third kappa shape index (κ3) is 2.86. The molecule has 3 heteroatoms. The van der Waals surface area contributed by atoms with Gasteiger partial charge < -0.3 is 10.6 Å². The molecule has 1 heterocycles. The van der Waals surface area contributed by atoms with E-state index in [1.165, 1.54) is 5.56 Å². The van der Waals surface area contributed by atoms with Gasteiger partial charge in [-0.3, -0.25) is 4.79 Å². The standard InChI is InChI=1S/C14H16N2O/c1-2-3-10-15-13-9-8-11-6-4-5-7-12(11)16-14(13)17/h1,4-7,13,15H,3,8-10H2,(H,16,17). The lowest BCUT2D eigenvalue weighted by Crippen LogP contribution is -2.40. The molecule has 0 saturated carbocycles. The highest BCUT2D eigenvalue weighted by atomic mass is 16.2. The topological polar surface area (TPSA) is 41.1 Å². The normalized spacial score (nSPS) is 18.8. The molecule has 1 aliphatic heterocycles. The van der Waals surface area contributed by atoms with Crippen molar-refractivity contribution in [3.8, 4) is 12.3 Å². The third-order valence-electron chi connectivity index (χ3n) is 2.95. The first-order valence-electron chi connectivity index (χ1n) is 5.87. The summed E-state index contributed by atoms with van der Waals surface area (Å²) < 4.78 is 0. The van der Waals surface area contributed by atoms with Gasteiger partial charge in [0.05, 0.1) is 6.04 Å². The average Bonchev–Trinajstić information content (AvgIpc) is 2.49. The van der Waals surface area contributed by atoms with Gasteiger partial charge in [0.25, 0.3) is 0 Å². The summed E-state index contributed by atoms with van der Waals surface area (Å²) in [5.41, 5.74) is 2.13. The van der Waals surface area contributed by atoms with Crippen LogP contribution in [0, 0.1) is 12.3 Å². The molecule has 0 saturated heterocycles. The zero-order valence-corrected chi connectivity index (χ0v) is 9.70. The Labute approximate surface area is 102 Å². The minimum atomic E-state index is -0.143. The van der Waals surface area contributed by atoms with Crippen molar-refractivity contribution in [2.45, 2.75) is 25.3 Å². The summed E-state index contributed by atoms with van der Waals surface area (Å²) in [6.07, 6.45) is 7.56. The van der Waals surface area contributed by atoms with E-state index < -0.39 is 0 Å². The molecular formula is C14H16N2O. The second-order valence-electron chi connectivity index (χ2n) is 4.15. The Hall–Kier alpha value is -1.79. The van der Waals surface area contributed by atoms with Crippen LogP contribution in [-0.4, -0.2) is 18.5 Å². The van der Waals surface area contributed by atoms with E-state index >= 15 is 0 Å². The Bertz CT molecular complexity index is 448. The molecule has 17 heavy (non-hydrogen) atoms. The first-order chi connectivity index (χ1) is 8.31. The SMILES string of the molecule is C#CCCNC1CCc2ccccc2NC1=O. The van der Waals surface area contributed by atoms with Gasteiger partial charge in [-0.2, -0.15) is 0 Å². The van der Waals surface area contributed by atoms with Gasteiger partial charge in [-0.25, -0.2) is 0 Å². The van der Waals surface area contributed by atoms with Gasteiger partial charge in [0, 0.05) is 18.7 Å². The Kier molecular flexibility index (Phi) is 3.79. The molecule has 2 rings (SSSR count). The maximum absolute atomic E-state index is 11.9. The first kappa shape index (κ1) is 11.7. The molecule has 1 unspecified atom stereocenters. The molecule has 0 fully saturated rings. The van der Waals surface area contributed by atoms with E-state index in [1.54, 1.807) is 0 Å². The Morgan fingerprint density at radius 1 is 1.47 bits per heavy atom. The van der Waals surface area contributed by atoms with E-state index in [0.717, 1.165) is 18.5 Å². The maximum atomic E-state index is 11.9. The number of amides is 1. The first-order valence-corrected chi connectivity index (χ1v) is 5.87. The highest BCUT2D eigenvalue weighted by molar-refractivity contribution is 5.96. The number of hydrogen-bond donors (Lipinski definition) is 2. The summed E-state index contributed by atoms with van der Waals surface area (Å²) >= 11 is 0. The smallest absolute Gasteiger partial charge is 0.241 e. The number of anilines is 1. The van der Waals surface area contributed by atoms with Crippen LogP contribution >= 0.6 is 0 Å². The van der Waals surface area contributed by atoms with Crippen LogP contribution in [-0.2, 0) is 11.2 Å². The van der Waals surface area contributed by atoms with Gasteiger partial charge in [0.1, 0.15) is 0 Å². The Morgan fingerprint density at radius 3 is 3.12 bits per heavy atom. The molecule has 1 aromatic rings. The molecule has 2 N–H and O–H groups in total. The van der Waals surface area contributed by atoms with Crippen molar-refractivity contribution in [1.29, 1.82) is 0 Å². The summed E-state index contributed by atoms with van der Waals surface area (Å²) in [5, 5.41) is 6.14. The predicted octanol–water partition coefficient (Wildman–Crippen LogP) is 1.55. The quantitative estimate of drug-likeness (QED) is 0.609. The third-order valence-corrected chi connectivity index (χ3v) is 2.95. The molecular weight excluding hydrogens is 212 g/mol. The van der Waals surface area contributed by atoms with E-state index in [1.807, 2.05) is 18.2 Å². The summed E-state index contributed by atoms with van der Waals surface area (Å²) in [6.45, 7) is 0.685. The van der Waals surface area contributed by atoms with Crippen LogP contribution in [0.3, 0.4) is 0 Å². The number of aryl methyl sites for hydroxylation is 1. The molecule has 0 aliphatic carbocycles. The molecule has 0 spiro atoms. The van der Waals surface area contributed by atoms with Gasteiger partial charge in [-0.1, -0.05) is 18.2 Å². The van der Waals surface area contributed by atoms with Crippen LogP contribution in [0.5, 0.6) is 0 Å². The minimum Gasteiger partial charge on any atom is -0.324 e. The van der Waals surface area contributed by atoms with Gasteiger partial charge in [-0.05, 0) is 24.5 Å². The van der Waals surface area contributed by atoms with Crippen molar-refractivity contribution in [2.75, 3.05) is 11.9 Å². The summed E-state index contributed by atoms with van der Waals surface area (Å²) in [5.74, 6) is 2.59. The van der Waals surface area contributed by atoms with Crippen LogP contribution in [0.25, 0.3) is 0 Å². The van der Waals surface area contributed by atoms with Gasteiger partial charge in [0.15, 0.2) is 0 Å². The molecule has 0 radical (unpaired) electrons. The van der Waals surface area contributed by atoms with Crippen molar-refractivity contribution >= 4 is 11.6 Å². The van der Waals surface area contributed by atoms with E-state index in [-0.39, 0.29) is 11.9 Å². The number of para-hydroxylation sites is 1. The number of fused-ring (bicyclic) bond motifs is 1. The lowest BCUT2D eigenvalue weighted by Gasteiger charge is -2.14. The number of rotatable bonds is 3.